The fourth-order valence-electron chi connectivity index (χ4n) is 1.69. The van der Waals surface area contributed by atoms with Gasteiger partial charge in [-0.3, -0.25) is 4.79 Å². The molecule has 0 spiro atoms. The topological polar surface area (TPSA) is 33.2 Å². The number of carbonyl (C=O) groups is 1. The van der Waals surface area contributed by atoms with Gasteiger partial charge in [0.2, 0.25) is 0 Å². The number of hydrogen-bond donors (Lipinski definition) is 0. The Morgan fingerprint density at radius 2 is 2.26 bits per heavy atom. The van der Waals surface area contributed by atoms with Crippen LogP contribution in [0.2, 0.25) is 0 Å². The van der Waals surface area contributed by atoms with Crippen LogP contribution in [-0.4, -0.2) is 17.9 Å². The van der Waals surface area contributed by atoms with Gasteiger partial charge in [0.05, 0.1) is 11.2 Å². The van der Waals surface area contributed by atoms with Gasteiger partial charge in [0.15, 0.2) is 0 Å². The highest BCUT2D eigenvalue weighted by molar-refractivity contribution is 9.10. The molecule has 0 N–H and O–H groups in total. The molecule has 0 radical (unpaired) electrons. The maximum atomic E-state index is 12.1. The van der Waals surface area contributed by atoms with Crippen LogP contribution in [0.25, 0.3) is 6.08 Å². The molecule has 1 aromatic carbocycles. The summed E-state index contributed by atoms with van der Waals surface area (Å²) in [6, 6.07) is 5.84. The number of amides is 1. The van der Waals surface area contributed by atoms with Crippen molar-refractivity contribution >= 4 is 44.9 Å². The number of carbonyl (C=O) groups excluding carboxylic acids is 1. The molecular formula is C14H13BrN2OS. The summed E-state index contributed by atoms with van der Waals surface area (Å²) >= 11 is 4.92. The minimum atomic E-state index is -0.0709. The Morgan fingerprint density at radius 1 is 1.47 bits per heavy atom. The van der Waals surface area contributed by atoms with E-state index in [1.165, 1.54) is 17.4 Å². The maximum Gasteiger partial charge on any atom is 0.250 e. The molecular weight excluding hydrogens is 324 g/mol. The minimum absolute atomic E-state index is 0.0709. The maximum absolute atomic E-state index is 12.1. The molecule has 1 aromatic heterocycles. The Hall–Kier alpha value is -1.46. The molecule has 3 nitrogen and oxygen atoms in total. The van der Waals surface area contributed by atoms with Crippen LogP contribution in [-0.2, 0) is 4.79 Å². The molecule has 0 unspecified atom stereocenters. The zero-order valence-electron chi connectivity index (χ0n) is 10.6. The van der Waals surface area contributed by atoms with E-state index in [1.807, 2.05) is 30.5 Å². The van der Waals surface area contributed by atoms with Crippen LogP contribution in [0, 0.1) is 6.92 Å². The predicted molar refractivity (Wildman–Crippen MR) is 83.4 cm³/mol. The quantitative estimate of drug-likeness (QED) is 0.796. The number of aryl methyl sites for hydroxylation is 1. The Balaban J connectivity index is 2.15. The molecule has 0 aliphatic rings. The number of likely N-dealkylation sites (N-methyl/N-ethyl adjacent to an activating group) is 1. The average molecular weight is 337 g/mol. The van der Waals surface area contributed by atoms with Crippen molar-refractivity contribution in [1.29, 1.82) is 0 Å². The summed E-state index contributed by atoms with van der Waals surface area (Å²) in [5.41, 5.74) is 4.50. The van der Waals surface area contributed by atoms with Crippen molar-refractivity contribution in [2.45, 2.75) is 6.92 Å². The second-order valence-corrected chi connectivity index (χ2v) is 5.71. The number of aromatic nitrogens is 1. The number of rotatable bonds is 3. The van der Waals surface area contributed by atoms with Gasteiger partial charge < -0.3 is 4.90 Å². The van der Waals surface area contributed by atoms with Gasteiger partial charge in [-0.15, -0.1) is 11.3 Å². The summed E-state index contributed by atoms with van der Waals surface area (Å²) in [7, 11) is 1.77. The molecule has 1 amide bonds. The normalized spacial score (nSPS) is 10.9. The predicted octanol–water partition coefficient (Wildman–Crippen LogP) is 3.89. The van der Waals surface area contributed by atoms with Crippen molar-refractivity contribution in [2.24, 2.45) is 0 Å². The number of halogens is 1. The van der Waals surface area contributed by atoms with Gasteiger partial charge in [0.1, 0.15) is 0 Å². The van der Waals surface area contributed by atoms with Gasteiger partial charge in [-0.1, -0.05) is 15.9 Å². The van der Waals surface area contributed by atoms with E-state index in [0.717, 1.165) is 21.4 Å². The standard InChI is InChI=1S/C14H13BrN2OS/c1-10-7-11(15)3-5-13(10)17(2)14(18)6-4-12-8-19-9-16-12/h3-9H,1-2H3/b6-4+. The van der Waals surface area contributed by atoms with Crippen molar-refractivity contribution in [3.63, 3.8) is 0 Å². The number of hydrogen-bond acceptors (Lipinski definition) is 3. The van der Waals surface area contributed by atoms with Gasteiger partial charge >= 0.3 is 0 Å². The van der Waals surface area contributed by atoms with E-state index in [4.69, 9.17) is 0 Å². The summed E-state index contributed by atoms with van der Waals surface area (Å²) in [6.07, 6.45) is 3.26. The Labute approximate surface area is 124 Å². The lowest BCUT2D eigenvalue weighted by Crippen LogP contribution is -2.24. The van der Waals surface area contributed by atoms with Gasteiger partial charge in [-0.25, -0.2) is 4.98 Å². The van der Waals surface area contributed by atoms with Crippen LogP contribution in [0.4, 0.5) is 5.69 Å². The highest BCUT2D eigenvalue weighted by Gasteiger charge is 2.10. The lowest BCUT2D eigenvalue weighted by atomic mass is 10.2. The van der Waals surface area contributed by atoms with Gasteiger partial charge in [-0.2, -0.15) is 0 Å². The Bertz CT molecular complexity index is 608. The van der Waals surface area contributed by atoms with E-state index >= 15 is 0 Å². The lowest BCUT2D eigenvalue weighted by Gasteiger charge is -2.18. The molecule has 2 aromatic rings. The fourth-order valence-corrected chi connectivity index (χ4v) is 2.68. The van der Waals surface area contributed by atoms with E-state index in [2.05, 4.69) is 20.9 Å². The Kier molecular flexibility index (Phi) is 4.50. The van der Waals surface area contributed by atoms with Crippen LogP contribution in [0.15, 0.2) is 39.6 Å². The molecule has 98 valence electrons. The van der Waals surface area contributed by atoms with Crippen LogP contribution in [0.3, 0.4) is 0 Å². The molecule has 0 atom stereocenters. The van der Waals surface area contributed by atoms with Crippen molar-refractivity contribution < 1.29 is 4.79 Å². The summed E-state index contributed by atoms with van der Waals surface area (Å²) in [5.74, 6) is -0.0709. The first-order valence-electron chi connectivity index (χ1n) is 5.68. The van der Waals surface area contributed by atoms with E-state index in [9.17, 15) is 4.79 Å². The number of benzene rings is 1. The zero-order chi connectivity index (χ0) is 13.8. The molecule has 0 fully saturated rings. The molecule has 1 heterocycles. The average Bonchev–Trinajstić information content (AvgIpc) is 2.88. The van der Waals surface area contributed by atoms with Crippen molar-refractivity contribution in [3.05, 3.63) is 50.9 Å². The van der Waals surface area contributed by atoms with E-state index in [0.29, 0.717) is 0 Å². The molecule has 0 aliphatic heterocycles. The number of thiazole rings is 1. The smallest absolute Gasteiger partial charge is 0.250 e. The van der Waals surface area contributed by atoms with Crippen LogP contribution in [0.5, 0.6) is 0 Å². The molecule has 0 bridgehead atoms. The number of anilines is 1. The Morgan fingerprint density at radius 3 is 2.89 bits per heavy atom. The first kappa shape index (κ1) is 14.0. The van der Waals surface area contributed by atoms with Crippen molar-refractivity contribution in [3.8, 4) is 0 Å². The fraction of sp³-hybridized carbons (Fsp3) is 0.143. The third-order valence-corrected chi connectivity index (χ3v) is 3.80. The summed E-state index contributed by atoms with van der Waals surface area (Å²) in [5, 5.41) is 1.90. The molecule has 0 aliphatic carbocycles. The van der Waals surface area contributed by atoms with E-state index in [-0.39, 0.29) is 5.91 Å². The third kappa shape index (κ3) is 3.52. The van der Waals surface area contributed by atoms with Crippen LogP contribution >= 0.6 is 27.3 Å². The van der Waals surface area contributed by atoms with Crippen LogP contribution in [0.1, 0.15) is 11.3 Å². The highest BCUT2D eigenvalue weighted by Crippen LogP contribution is 2.23. The van der Waals surface area contributed by atoms with E-state index < -0.39 is 0 Å². The second kappa shape index (κ2) is 6.12. The summed E-state index contributed by atoms with van der Waals surface area (Å²) in [4.78, 5) is 17.8. The zero-order valence-corrected chi connectivity index (χ0v) is 13.0. The number of nitrogens with zero attached hydrogens (tertiary/aromatic N) is 2. The molecule has 0 saturated heterocycles. The molecule has 5 heteroatoms. The molecule has 0 saturated carbocycles. The molecule has 2 rings (SSSR count). The summed E-state index contributed by atoms with van der Waals surface area (Å²) in [6.45, 7) is 1.98. The molecule has 19 heavy (non-hydrogen) atoms. The highest BCUT2D eigenvalue weighted by atomic mass is 79.9. The van der Waals surface area contributed by atoms with E-state index in [1.54, 1.807) is 23.5 Å². The van der Waals surface area contributed by atoms with Crippen molar-refractivity contribution in [1.82, 2.24) is 4.98 Å². The second-order valence-electron chi connectivity index (χ2n) is 4.07. The van der Waals surface area contributed by atoms with Crippen LogP contribution < -0.4 is 4.90 Å². The van der Waals surface area contributed by atoms with Gasteiger partial charge in [0.25, 0.3) is 5.91 Å². The first-order valence-corrected chi connectivity index (χ1v) is 7.41. The largest absolute Gasteiger partial charge is 0.312 e. The lowest BCUT2D eigenvalue weighted by molar-refractivity contribution is -0.113. The van der Waals surface area contributed by atoms with Gasteiger partial charge in [0, 0.05) is 28.7 Å². The monoisotopic (exact) mass is 336 g/mol. The first-order chi connectivity index (χ1) is 9.08. The third-order valence-electron chi connectivity index (χ3n) is 2.70. The minimum Gasteiger partial charge on any atom is -0.312 e. The SMILES string of the molecule is Cc1cc(Br)ccc1N(C)C(=O)/C=C/c1cscn1. The van der Waals surface area contributed by atoms with Crippen molar-refractivity contribution in [2.75, 3.05) is 11.9 Å². The van der Waals surface area contributed by atoms with Gasteiger partial charge in [-0.05, 0) is 36.8 Å². The summed E-state index contributed by atoms with van der Waals surface area (Å²) < 4.78 is 1.01.